The molecule has 1 aromatic carbocycles. The number of hydrogen-bond acceptors (Lipinski definition) is 2. The zero-order valence-electron chi connectivity index (χ0n) is 14.0. The molecule has 118 valence electrons. The molecule has 0 heterocycles. The van der Waals surface area contributed by atoms with Gasteiger partial charge < -0.3 is 15.0 Å². The normalized spacial score (nSPS) is 13.8. The third-order valence-corrected chi connectivity index (χ3v) is 4.04. The molecule has 1 atom stereocenters. The second kappa shape index (κ2) is 8.03. The van der Waals surface area contributed by atoms with Gasteiger partial charge in [-0.3, -0.25) is 4.79 Å². The first-order chi connectivity index (χ1) is 9.92. The molecular formula is C17H29N2O2+. The summed E-state index contributed by atoms with van der Waals surface area (Å²) in [5, 5.41) is 3.01. The van der Waals surface area contributed by atoms with Crippen molar-refractivity contribution in [3.8, 4) is 5.75 Å². The van der Waals surface area contributed by atoms with E-state index in [0.29, 0.717) is 13.0 Å². The number of amides is 1. The van der Waals surface area contributed by atoms with E-state index in [1.807, 2.05) is 18.2 Å². The van der Waals surface area contributed by atoms with E-state index >= 15 is 0 Å². The first-order valence-electron chi connectivity index (χ1n) is 7.62. The third-order valence-electron chi connectivity index (χ3n) is 4.04. The average molecular weight is 293 g/mol. The van der Waals surface area contributed by atoms with E-state index in [9.17, 15) is 4.79 Å². The highest BCUT2D eigenvalue weighted by molar-refractivity contribution is 5.77. The Balaban J connectivity index is 2.78. The molecular weight excluding hydrogens is 264 g/mol. The molecule has 0 bridgehead atoms. The Kier molecular flexibility index (Phi) is 6.69. The van der Waals surface area contributed by atoms with E-state index in [1.54, 1.807) is 7.11 Å². The number of para-hydroxylation sites is 1. The van der Waals surface area contributed by atoms with Crippen LogP contribution < -0.4 is 15.0 Å². The minimum absolute atomic E-state index is 0.103. The van der Waals surface area contributed by atoms with Gasteiger partial charge in [0, 0.05) is 17.4 Å². The molecule has 0 unspecified atom stereocenters. The summed E-state index contributed by atoms with van der Waals surface area (Å²) in [5.41, 5.74) is 0.894. The molecule has 0 saturated heterocycles. The molecule has 0 aliphatic carbocycles. The first kappa shape index (κ1) is 17.5. The number of benzene rings is 1. The maximum Gasteiger partial charge on any atom is 0.221 e. The number of rotatable bonds is 8. The molecule has 4 nitrogen and oxygen atoms in total. The SMILES string of the molecule is CC[C@](C)(CC(=O)NCC[NH+](C)C)c1ccccc1OC. The van der Waals surface area contributed by atoms with Crippen LogP contribution in [-0.2, 0) is 10.2 Å². The molecule has 0 aromatic heterocycles. The van der Waals surface area contributed by atoms with Crippen LogP contribution in [0.1, 0.15) is 32.3 Å². The van der Waals surface area contributed by atoms with Gasteiger partial charge in [0.1, 0.15) is 5.75 Å². The minimum Gasteiger partial charge on any atom is -0.496 e. The van der Waals surface area contributed by atoms with Crippen molar-refractivity contribution in [3.05, 3.63) is 29.8 Å². The fourth-order valence-electron chi connectivity index (χ4n) is 2.42. The third kappa shape index (κ3) is 5.05. The van der Waals surface area contributed by atoms with E-state index in [0.717, 1.165) is 24.3 Å². The van der Waals surface area contributed by atoms with Crippen LogP contribution in [0.5, 0.6) is 5.75 Å². The van der Waals surface area contributed by atoms with Crippen LogP contribution >= 0.6 is 0 Å². The van der Waals surface area contributed by atoms with E-state index < -0.39 is 0 Å². The number of quaternary nitrogens is 1. The van der Waals surface area contributed by atoms with Crippen LogP contribution in [0.3, 0.4) is 0 Å². The van der Waals surface area contributed by atoms with E-state index in [-0.39, 0.29) is 11.3 Å². The Labute approximate surface area is 128 Å². The molecule has 0 aliphatic heterocycles. The lowest BCUT2D eigenvalue weighted by Gasteiger charge is -2.29. The molecule has 0 fully saturated rings. The van der Waals surface area contributed by atoms with Gasteiger partial charge in [-0.2, -0.15) is 0 Å². The maximum atomic E-state index is 12.2. The van der Waals surface area contributed by atoms with Crippen molar-refractivity contribution in [3.63, 3.8) is 0 Å². The van der Waals surface area contributed by atoms with Crippen LogP contribution in [0, 0.1) is 0 Å². The summed E-state index contributed by atoms with van der Waals surface area (Å²) < 4.78 is 5.45. The number of nitrogens with one attached hydrogen (secondary N) is 2. The summed E-state index contributed by atoms with van der Waals surface area (Å²) in [6, 6.07) is 7.97. The van der Waals surface area contributed by atoms with Gasteiger partial charge in [-0.1, -0.05) is 32.0 Å². The predicted molar refractivity (Wildman–Crippen MR) is 85.9 cm³/mol. The van der Waals surface area contributed by atoms with Gasteiger partial charge in [-0.15, -0.1) is 0 Å². The number of carbonyl (C=O) groups is 1. The summed E-state index contributed by atoms with van der Waals surface area (Å²) in [6.45, 7) is 5.89. The van der Waals surface area contributed by atoms with Gasteiger partial charge in [-0.05, 0) is 12.5 Å². The van der Waals surface area contributed by atoms with Gasteiger partial charge in [0.15, 0.2) is 0 Å². The maximum absolute atomic E-state index is 12.2. The second-order valence-electron chi connectivity index (χ2n) is 6.10. The molecule has 0 saturated carbocycles. The highest BCUT2D eigenvalue weighted by atomic mass is 16.5. The number of hydrogen-bond donors (Lipinski definition) is 2. The molecule has 0 spiro atoms. The zero-order chi connectivity index (χ0) is 15.9. The largest absolute Gasteiger partial charge is 0.496 e. The van der Waals surface area contributed by atoms with Crippen LogP contribution in [0.4, 0.5) is 0 Å². The molecule has 4 heteroatoms. The van der Waals surface area contributed by atoms with Gasteiger partial charge in [-0.25, -0.2) is 0 Å². The smallest absolute Gasteiger partial charge is 0.221 e. The number of carbonyl (C=O) groups excluding carboxylic acids is 1. The van der Waals surface area contributed by atoms with Crippen LogP contribution in [-0.4, -0.2) is 40.2 Å². The van der Waals surface area contributed by atoms with Gasteiger partial charge in [0.25, 0.3) is 0 Å². The van der Waals surface area contributed by atoms with Gasteiger partial charge >= 0.3 is 0 Å². The lowest BCUT2D eigenvalue weighted by atomic mass is 9.76. The Bertz CT molecular complexity index is 460. The summed E-state index contributed by atoms with van der Waals surface area (Å²) in [5.74, 6) is 0.957. The van der Waals surface area contributed by atoms with Crippen LogP contribution in [0.15, 0.2) is 24.3 Å². The van der Waals surface area contributed by atoms with E-state index in [1.165, 1.54) is 4.90 Å². The van der Waals surface area contributed by atoms with E-state index in [2.05, 4.69) is 39.3 Å². The van der Waals surface area contributed by atoms with Crippen LogP contribution in [0.25, 0.3) is 0 Å². The van der Waals surface area contributed by atoms with Crippen LogP contribution in [0.2, 0.25) is 0 Å². The Morgan fingerprint density at radius 3 is 2.57 bits per heavy atom. The average Bonchev–Trinajstić information content (AvgIpc) is 2.46. The fraction of sp³-hybridized carbons (Fsp3) is 0.588. The molecule has 0 radical (unpaired) electrons. The zero-order valence-corrected chi connectivity index (χ0v) is 14.0. The van der Waals surface area contributed by atoms with Crippen molar-refractivity contribution in [2.45, 2.75) is 32.1 Å². The predicted octanol–water partition coefficient (Wildman–Crippen LogP) is 1.01. The molecule has 1 aromatic rings. The second-order valence-corrected chi connectivity index (χ2v) is 6.10. The lowest BCUT2D eigenvalue weighted by Crippen LogP contribution is -3.06. The molecule has 0 aliphatic rings. The number of ether oxygens (including phenoxy) is 1. The highest BCUT2D eigenvalue weighted by Gasteiger charge is 2.30. The number of likely N-dealkylation sites (N-methyl/N-ethyl adjacent to an activating group) is 1. The lowest BCUT2D eigenvalue weighted by molar-refractivity contribution is -0.856. The van der Waals surface area contributed by atoms with E-state index in [4.69, 9.17) is 4.74 Å². The Hall–Kier alpha value is -1.55. The Morgan fingerprint density at radius 1 is 1.33 bits per heavy atom. The van der Waals surface area contributed by atoms with Crippen molar-refractivity contribution in [2.75, 3.05) is 34.3 Å². The van der Waals surface area contributed by atoms with Crippen molar-refractivity contribution in [2.24, 2.45) is 0 Å². The quantitative estimate of drug-likeness (QED) is 0.751. The molecule has 1 rings (SSSR count). The highest BCUT2D eigenvalue weighted by Crippen LogP contribution is 2.37. The number of methoxy groups -OCH3 is 1. The summed E-state index contributed by atoms with van der Waals surface area (Å²) >= 11 is 0. The topological polar surface area (TPSA) is 42.8 Å². The van der Waals surface area contributed by atoms with Crippen molar-refractivity contribution in [1.82, 2.24) is 5.32 Å². The van der Waals surface area contributed by atoms with Crippen molar-refractivity contribution in [1.29, 1.82) is 0 Å². The van der Waals surface area contributed by atoms with Crippen molar-refractivity contribution < 1.29 is 14.4 Å². The standard InChI is InChI=1S/C17H28N2O2/c1-6-17(2,13-16(20)18-11-12-19(3)4)14-9-7-8-10-15(14)21-5/h7-10H,6,11-13H2,1-5H3,(H,18,20)/p+1/t17-/m1/s1. The minimum atomic E-state index is -0.207. The Morgan fingerprint density at radius 2 is 2.00 bits per heavy atom. The summed E-state index contributed by atoms with van der Waals surface area (Å²) in [7, 11) is 5.84. The first-order valence-corrected chi connectivity index (χ1v) is 7.62. The molecule has 2 N–H and O–H groups in total. The molecule has 1 amide bonds. The van der Waals surface area contributed by atoms with Crippen molar-refractivity contribution >= 4 is 5.91 Å². The van der Waals surface area contributed by atoms with Gasteiger partial charge in [0.2, 0.25) is 5.91 Å². The monoisotopic (exact) mass is 293 g/mol. The van der Waals surface area contributed by atoms with Gasteiger partial charge in [0.05, 0.1) is 34.3 Å². The molecule has 21 heavy (non-hydrogen) atoms. The summed E-state index contributed by atoms with van der Waals surface area (Å²) in [4.78, 5) is 13.5. The fourth-order valence-corrected chi connectivity index (χ4v) is 2.42. The summed E-state index contributed by atoms with van der Waals surface area (Å²) in [6.07, 6.45) is 1.37.